The SMILES string of the molecule is Cc1cncc(Nc2ccc(C(=O)O)c(C)n2)c1. The van der Waals surface area contributed by atoms with Crippen LogP contribution in [0.3, 0.4) is 0 Å². The van der Waals surface area contributed by atoms with Gasteiger partial charge in [0.25, 0.3) is 0 Å². The van der Waals surface area contributed by atoms with Gasteiger partial charge in [-0.1, -0.05) is 0 Å². The molecule has 0 aliphatic heterocycles. The Morgan fingerprint density at radius 2 is 2.06 bits per heavy atom. The van der Waals surface area contributed by atoms with Crippen molar-refractivity contribution in [1.82, 2.24) is 9.97 Å². The van der Waals surface area contributed by atoms with E-state index in [-0.39, 0.29) is 5.56 Å². The van der Waals surface area contributed by atoms with Gasteiger partial charge in [0.15, 0.2) is 0 Å². The summed E-state index contributed by atoms with van der Waals surface area (Å²) in [5.74, 6) is -0.367. The van der Waals surface area contributed by atoms with Crippen molar-refractivity contribution < 1.29 is 9.90 Å². The Morgan fingerprint density at radius 1 is 1.28 bits per heavy atom. The molecule has 0 radical (unpaired) electrons. The van der Waals surface area contributed by atoms with Gasteiger partial charge >= 0.3 is 5.97 Å². The molecule has 0 bridgehead atoms. The molecule has 0 aliphatic rings. The van der Waals surface area contributed by atoms with E-state index in [0.29, 0.717) is 11.5 Å². The fourth-order valence-corrected chi connectivity index (χ4v) is 1.63. The van der Waals surface area contributed by atoms with Crippen LogP contribution in [0.5, 0.6) is 0 Å². The number of hydrogen-bond acceptors (Lipinski definition) is 4. The number of aromatic nitrogens is 2. The van der Waals surface area contributed by atoms with Crippen molar-refractivity contribution in [3.63, 3.8) is 0 Å². The quantitative estimate of drug-likeness (QED) is 0.866. The van der Waals surface area contributed by atoms with E-state index in [1.165, 1.54) is 6.07 Å². The summed E-state index contributed by atoms with van der Waals surface area (Å²) in [4.78, 5) is 19.1. The van der Waals surface area contributed by atoms with Crippen molar-refractivity contribution >= 4 is 17.5 Å². The Bertz CT molecular complexity index is 597. The molecule has 0 atom stereocenters. The molecule has 18 heavy (non-hydrogen) atoms. The number of nitrogens with one attached hydrogen (secondary N) is 1. The molecule has 2 rings (SSSR count). The standard InChI is InChI=1S/C13H13N3O2/c1-8-5-10(7-14-6-8)16-12-4-3-11(13(17)18)9(2)15-12/h3-7H,1-2H3,(H,15,16)(H,17,18). The first-order valence-corrected chi connectivity index (χ1v) is 5.46. The Kier molecular flexibility index (Phi) is 3.23. The second kappa shape index (κ2) is 4.83. The fourth-order valence-electron chi connectivity index (χ4n) is 1.63. The number of pyridine rings is 2. The molecule has 2 heterocycles. The third kappa shape index (κ3) is 2.63. The van der Waals surface area contributed by atoms with E-state index < -0.39 is 5.97 Å². The first kappa shape index (κ1) is 12.0. The lowest BCUT2D eigenvalue weighted by Gasteiger charge is -2.07. The summed E-state index contributed by atoms with van der Waals surface area (Å²) in [5, 5.41) is 12.0. The molecule has 5 nitrogen and oxygen atoms in total. The zero-order valence-corrected chi connectivity index (χ0v) is 10.1. The van der Waals surface area contributed by atoms with Crippen LogP contribution in [0.2, 0.25) is 0 Å². The Balaban J connectivity index is 2.25. The number of hydrogen-bond donors (Lipinski definition) is 2. The third-order valence-corrected chi connectivity index (χ3v) is 2.46. The van der Waals surface area contributed by atoms with E-state index in [2.05, 4.69) is 15.3 Å². The van der Waals surface area contributed by atoms with Gasteiger partial charge in [-0.05, 0) is 37.6 Å². The van der Waals surface area contributed by atoms with Crippen LogP contribution in [-0.2, 0) is 0 Å². The van der Waals surface area contributed by atoms with E-state index in [0.717, 1.165) is 11.3 Å². The van der Waals surface area contributed by atoms with Crippen molar-refractivity contribution in [3.05, 3.63) is 47.4 Å². The van der Waals surface area contributed by atoms with Crippen molar-refractivity contribution in [1.29, 1.82) is 0 Å². The zero-order valence-electron chi connectivity index (χ0n) is 10.1. The Hall–Kier alpha value is -2.43. The van der Waals surface area contributed by atoms with Crippen LogP contribution in [0.4, 0.5) is 11.5 Å². The van der Waals surface area contributed by atoms with Gasteiger partial charge in [0.2, 0.25) is 0 Å². The average molecular weight is 243 g/mol. The van der Waals surface area contributed by atoms with Crippen LogP contribution in [0, 0.1) is 13.8 Å². The average Bonchev–Trinajstić information content (AvgIpc) is 2.28. The molecule has 0 spiro atoms. The van der Waals surface area contributed by atoms with Crippen molar-refractivity contribution in [2.45, 2.75) is 13.8 Å². The van der Waals surface area contributed by atoms with Gasteiger partial charge in [-0.15, -0.1) is 0 Å². The molecule has 0 fully saturated rings. The van der Waals surface area contributed by atoms with Crippen molar-refractivity contribution in [2.24, 2.45) is 0 Å². The highest BCUT2D eigenvalue weighted by Crippen LogP contribution is 2.16. The summed E-state index contributed by atoms with van der Waals surface area (Å²) < 4.78 is 0. The number of aromatic carboxylic acids is 1. The molecule has 2 N–H and O–H groups in total. The van der Waals surface area contributed by atoms with Gasteiger partial charge in [-0.2, -0.15) is 0 Å². The van der Waals surface area contributed by atoms with Gasteiger partial charge in [0, 0.05) is 6.20 Å². The molecule has 0 saturated heterocycles. The Labute approximate surface area is 105 Å². The fraction of sp³-hybridized carbons (Fsp3) is 0.154. The molecule has 92 valence electrons. The molecular formula is C13H13N3O2. The van der Waals surface area contributed by atoms with E-state index in [1.807, 2.05) is 13.0 Å². The van der Waals surface area contributed by atoms with Gasteiger partial charge < -0.3 is 10.4 Å². The van der Waals surface area contributed by atoms with Gasteiger partial charge in [0.1, 0.15) is 5.82 Å². The van der Waals surface area contributed by atoms with Gasteiger partial charge in [-0.3, -0.25) is 4.98 Å². The highest BCUT2D eigenvalue weighted by molar-refractivity contribution is 5.89. The summed E-state index contributed by atoms with van der Waals surface area (Å²) in [6, 6.07) is 5.12. The minimum atomic E-state index is -0.969. The number of nitrogens with zero attached hydrogens (tertiary/aromatic N) is 2. The van der Waals surface area contributed by atoms with Crippen LogP contribution in [0.1, 0.15) is 21.6 Å². The number of aryl methyl sites for hydroxylation is 2. The molecule has 0 unspecified atom stereocenters. The predicted molar refractivity (Wildman–Crippen MR) is 68.2 cm³/mol. The largest absolute Gasteiger partial charge is 0.478 e. The van der Waals surface area contributed by atoms with Crippen molar-refractivity contribution in [2.75, 3.05) is 5.32 Å². The second-order valence-corrected chi connectivity index (χ2v) is 4.01. The monoisotopic (exact) mass is 243 g/mol. The summed E-state index contributed by atoms with van der Waals surface area (Å²) in [7, 11) is 0. The molecule has 2 aromatic rings. The number of carboxylic acid groups (broad SMARTS) is 1. The number of carbonyl (C=O) groups is 1. The first-order valence-electron chi connectivity index (χ1n) is 5.46. The maximum Gasteiger partial charge on any atom is 0.337 e. The zero-order chi connectivity index (χ0) is 13.1. The number of rotatable bonds is 3. The van der Waals surface area contributed by atoms with Gasteiger partial charge in [-0.25, -0.2) is 9.78 Å². The highest BCUT2D eigenvalue weighted by atomic mass is 16.4. The highest BCUT2D eigenvalue weighted by Gasteiger charge is 2.08. The lowest BCUT2D eigenvalue weighted by molar-refractivity contribution is 0.0695. The topological polar surface area (TPSA) is 75.1 Å². The summed E-state index contributed by atoms with van der Waals surface area (Å²) in [5.41, 5.74) is 2.56. The maximum absolute atomic E-state index is 10.9. The molecule has 0 amide bonds. The summed E-state index contributed by atoms with van der Waals surface area (Å²) >= 11 is 0. The van der Waals surface area contributed by atoms with E-state index in [4.69, 9.17) is 5.11 Å². The van der Waals surface area contributed by atoms with Gasteiger partial charge in [0.05, 0.1) is 23.1 Å². The van der Waals surface area contributed by atoms with Crippen LogP contribution >= 0.6 is 0 Å². The maximum atomic E-state index is 10.9. The smallest absolute Gasteiger partial charge is 0.337 e. The second-order valence-electron chi connectivity index (χ2n) is 4.01. The lowest BCUT2D eigenvalue weighted by atomic mass is 10.2. The molecule has 0 aliphatic carbocycles. The van der Waals surface area contributed by atoms with Crippen LogP contribution in [0.25, 0.3) is 0 Å². The molecular weight excluding hydrogens is 230 g/mol. The van der Waals surface area contributed by atoms with Crippen LogP contribution < -0.4 is 5.32 Å². The molecule has 0 saturated carbocycles. The molecule has 5 heteroatoms. The number of anilines is 2. The Morgan fingerprint density at radius 3 is 2.67 bits per heavy atom. The summed E-state index contributed by atoms with van der Waals surface area (Å²) in [6.45, 7) is 3.62. The minimum Gasteiger partial charge on any atom is -0.478 e. The molecule has 0 aromatic carbocycles. The van der Waals surface area contributed by atoms with E-state index in [9.17, 15) is 4.79 Å². The summed E-state index contributed by atoms with van der Waals surface area (Å²) in [6.07, 6.45) is 3.45. The lowest BCUT2D eigenvalue weighted by Crippen LogP contribution is -2.03. The van der Waals surface area contributed by atoms with E-state index >= 15 is 0 Å². The normalized spacial score (nSPS) is 10.1. The predicted octanol–water partition coefficient (Wildman–Crippen LogP) is 2.54. The van der Waals surface area contributed by atoms with E-state index in [1.54, 1.807) is 25.4 Å². The van der Waals surface area contributed by atoms with Crippen LogP contribution in [0.15, 0.2) is 30.6 Å². The minimum absolute atomic E-state index is 0.211. The number of carboxylic acids is 1. The van der Waals surface area contributed by atoms with Crippen molar-refractivity contribution in [3.8, 4) is 0 Å². The van der Waals surface area contributed by atoms with Crippen LogP contribution in [-0.4, -0.2) is 21.0 Å². The molecule has 2 aromatic heterocycles. The third-order valence-electron chi connectivity index (χ3n) is 2.46. The first-order chi connectivity index (χ1) is 8.56.